The zero-order chi connectivity index (χ0) is 21.4. The lowest BCUT2D eigenvalue weighted by Gasteiger charge is -2.03. The zero-order valence-corrected chi connectivity index (χ0v) is 20.3. The van der Waals surface area contributed by atoms with Crippen LogP contribution in [0.4, 0.5) is 0 Å². The number of rotatable bonds is 17. The number of aryl methyl sites for hydroxylation is 1. The monoisotopic (exact) mass is 452 g/mol. The molecule has 0 aliphatic heterocycles. The maximum absolute atomic E-state index is 6.26. The molecular formula is C25H40Cl2N3+. The molecule has 30 heavy (non-hydrogen) atoms. The minimum absolute atomic E-state index is 0.664. The Balaban J connectivity index is 1.45. The van der Waals surface area contributed by atoms with Crippen LogP contribution in [0.2, 0.25) is 10.0 Å². The minimum atomic E-state index is 0.664. The summed E-state index contributed by atoms with van der Waals surface area (Å²) in [5, 5.41) is 5.80. The van der Waals surface area contributed by atoms with E-state index in [2.05, 4.69) is 22.9 Å². The minimum Gasteiger partial charge on any atom is -0.237 e. The van der Waals surface area contributed by atoms with Crippen LogP contribution in [-0.4, -0.2) is 9.78 Å². The molecule has 0 fully saturated rings. The summed E-state index contributed by atoms with van der Waals surface area (Å²) in [5.41, 5.74) is 1.04. The van der Waals surface area contributed by atoms with E-state index in [4.69, 9.17) is 23.2 Å². The summed E-state index contributed by atoms with van der Waals surface area (Å²) in [7, 11) is 0. The van der Waals surface area contributed by atoms with Gasteiger partial charge in [0.05, 0.1) is 6.54 Å². The van der Waals surface area contributed by atoms with Crippen LogP contribution in [0.1, 0.15) is 102 Å². The van der Waals surface area contributed by atoms with E-state index in [-0.39, 0.29) is 0 Å². The van der Waals surface area contributed by atoms with Gasteiger partial charge in [0.25, 0.3) is 6.33 Å². The van der Waals surface area contributed by atoms with Gasteiger partial charge in [-0.1, -0.05) is 120 Å². The molecule has 168 valence electrons. The molecule has 0 saturated carbocycles. The van der Waals surface area contributed by atoms with Crippen LogP contribution in [0.15, 0.2) is 30.9 Å². The van der Waals surface area contributed by atoms with E-state index >= 15 is 0 Å². The van der Waals surface area contributed by atoms with Crippen molar-refractivity contribution in [2.24, 2.45) is 0 Å². The highest BCUT2D eigenvalue weighted by atomic mass is 35.5. The van der Waals surface area contributed by atoms with Gasteiger partial charge >= 0.3 is 0 Å². The molecule has 0 unspecified atom stereocenters. The molecular weight excluding hydrogens is 413 g/mol. The van der Waals surface area contributed by atoms with E-state index in [0.29, 0.717) is 16.6 Å². The first-order valence-corrected chi connectivity index (χ1v) is 12.8. The number of halogens is 2. The van der Waals surface area contributed by atoms with E-state index in [1.165, 1.54) is 89.9 Å². The molecule has 0 radical (unpaired) electrons. The van der Waals surface area contributed by atoms with Crippen LogP contribution in [0, 0.1) is 0 Å². The highest BCUT2D eigenvalue weighted by Crippen LogP contribution is 2.21. The van der Waals surface area contributed by atoms with E-state index in [1.807, 2.05) is 23.1 Å². The topological polar surface area (TPSA) is 21.7 Å². The van der Waals surface area contributed by atoms with E-state index in [0.717, 1.165) is 12.1 Å². The predicted octanol–water partition coefficient (Wildman–Crippen LogP) is 8.01. The van der Waals surface area contributed by atoms with Gasteiger partial charge in [0.2, 0.25) is 6.33 Å². The smallest absolute Gasteiger partial charge is 0.237 e. The predicted molar refractivity (Wildman–Crippen MR) is 128 cm³/mol. The summed E-state index contributed by atoms with van der Waals surface area (Å²) in [5.74, 6) is 0. The van der Waals surface area contributed by atoms with Gasteiger partial charge in [-0.25, -0.2) is 4.57 Å². The van der Waals surface area contributed by atoms with Gasteiger partial charge in [0.1, 0.15) is 6.54 Å². The molecule has 1 aromatic carbocycles. The largest absolute Gasteiger partial charge is 0.265 e. The molecule has 0 aliphatic carbocycles. The van der Waals surface area contributed by atoms with Crippen molar-refractivity contribution in [1.82, 2.24) is 9.78 Å². The van der Waals surface area contributed by atoms with Crippen LogP contribution in [0.5, 0.6) is 0 Å². The van der Waals surface area contributed by atoms with Crippen LogP contribution in [0.3, 0.4) is 0 Å². The van der Waals surface area contributed by atoms with Gasteiger partial charge in [0, 0.05) is 20.7 Å². The average Bonchev–Trinajstić information content (AvgIpc) is 3.18. The number of aromatic nitrogens is 3. The SMILES string of the molecule is CCCCCCCCCCCCCCCC[n+]1cnn(Cc2ccc(Cl)cc2Cl)c1. The van der Waals surface area contributed by atoms with Crippen molar-refractivity contribution in [2.45, 2.75) is 110 Å². The summed E-state index contributed by atoms with van der Waals surface area (Å²) >= 11 is 12.2. The quantitative estimate of drug-likeness (QED) is 0.176. The van der Waals surface area contributed by atoms with Crippen molar-refractivity contribution in [3.05, 3.63) is 46.5 Å². The Hall–Kier alpha value is -1.06. The second kappa shape index (κ2) is 15.7. The van der Waals surface area contributed by atoms with E-state index < -0.39 is 0 Å². The molecule has 2 rings (SSSR count). The Morgan fingerprint density at radius 1 is 0.800 bits per heavy atom. The number of nitrogens with zero attached hydrogens (tertiary/aromatic N) is 3. The third kappa shape index (κ3) is 10.8. The number of hydrogen-bond donors (Lipinski definition) is 0. The molecule has 0 atom stereocenters. The fourth-order valence-electron chi connectivity index (χ4n) is 3.87. The fourth-order valence-corrected chi connectivity index (χ4v) is 4.34. The molecule has 3 nitrogen and oxygen atoms in total. The third-order valence-corrected chi connectivity index (χ3v) is 6.33. The van der Waals surface area contributed by atoms with Gasteiger partial charge in [-0.15, -0.1) is 4.68 Å². The Morgan fingerprint density at radius 2 is 1.37 bits per heavy atom. The van der Waals surface area contributed by atoms with Crippen molar-refractivity contribution < 1.29 is 4.57 Å². The van der Waals surface area contributed by atoms with E-state index in [1.54, 1.807) is 6.07 Å². The maximum atomic E-state index is 6.26. The summed E-state index contributed by atoms with van der Waals surface area (Å²) in [6.07, 6.45) is 23.5. The normalized spacial score (nSPS) is 11.3. The van der Waals surface area contributed by atoms with Gasteiger partial charge in [-0.2, -0.15) is 0 Å². The fraction of sp³-hybridized carbons (Fsp3) is 0.680. The van der Waals surface area contributed by atoms with Crippen LogP contribution >= 0.6 is 23.2 Å². The Morgan fingerprint density at radius 3 is 1.93 bits per heavy atom. The highest BCUT2D eigenvalue weighted by Gasteiger charge is 2.09. The second-order valence-corrected chi connectivity index (χ2v) is 9.36. The van der Waals surface area contributed by atoms with Gasteiger partial charge in [-0.3, -0.25) is 0 Å². The second-order valence-electron chi connectivity index (χ2n) is 8.51. The molecule has 0 spiro atoms. The average molecular weight is 454 g/mol. The Bertz CT molecular complexity index is 699. The van der Waals surface area contributed by atoms with Crippen LogP contribution < -0.4 is 4.57 Å². The molecule has 5 heteroatoms. The summed E-state index contributed by atoms with van der Waals surface area (Å²) < 4.78 is 4.10. The third-order valence-electron chi connectivity index (χ3n) is 5.75. The standard InChI is InChI=1S/C25H40Cl2N3/c1-2-3-4-5-6-7-8-9-10-11-12-13-14-15-18-29-21-28-30(22-29)20-23-16-17-24(26)19-25(23)27/h16-17,19,21-22H,2-15,18,20H2,1H3/q+1. The lowest BCUT2D eigenvalue weighted by Crippen LogP contribution is -2.31. The lowest BCUT2D eigenvalue weighted by atomic mass is 10.0. The Kier molecular flexibility index (Phi) is 13.2. The lowest BCUT2D eigenvalue weighted by molar-refractivity contribution is -0.698. The number of hydrogen-bond acceptors (Lipinski definition) is 1. The molecule has 0 N–H and O–H groups in total. The Labute approximate surface area is 193 Å². The number of benzene rings is 1. The molecule has 0 saturated heterocycles. The first kappa shape index (κ1) is 25.2. The molecule has 1 aromatic heterocycles. The summed E-state index contributed by atoms with van der Waals surface area (Å²) in [6.45, 7) is 3.99. The summed E-state index contributed by atoms with van der Waals surface area (Å²) in [6, 6.07) is 5.61. The highest BCUT2D eigenvalue weighted by molar-refractivity contribution is 6.35. The first-order valence-electron chi connectivity index (χ1n) is 12.0. The molecule has 1 heterocycles. The van der Waals surface area contributed by atoms with Crippen molar-refractivity contribution >= 4 is 23.2 Å². The van der Waals surface area contributed by atoms with Crippen molar-refractivity contribution in [2.75, 3.05) is 0 Å². The van der Waals surface area contributed by atoms with Crippen molar-refractivity contribution in [1.29, 1.82) is 0 Å². The molecule has 2 aromatic rings. The zero-order valence-electron chi connectivity index (χ0n) is 18.8. The van der Waals surface area contributed by atoms with Crippen molar-refractivity contribution in [3.63, 3.8) is 0 Å². The van der Waals surface area contributed by atoms with Gasteiger partial charge in [-0.05, 0) is 18.6 Å². The van der Waals surface area contributed by atoms with Crippen LogP contribution in [-0.2, 0) is 13.1 Å². The van der Waals surface area contributed by atoms with E-state index in [9.17, 15) is 0 Å². The van der Waals surface area contributed by atoms with Gasteiger partial charge < -0.3 is 0 Å². The first-order chi connectivity index (χ1) is 14.7. The molecule has 0 bridgehead atoms. The maximum Gasteiger partial charge on any atom is 0.265 e. The van der Waals surface area contributed by atoms with Crippen molar-refractivity contribution in [3.8, 4) is 0 Å². The molecule has 0 aliphatic rings. The number of unbranched alkanes of at least 4 members (excludes halogenated alkanes) is 13. The molecule has 0 amide bonds. The van der Waals surface area contributed by atoms with Crippen LogP contribution in [0.25, 0.3) is 0 Å². The van der Waals surface area contributed by atoms with Gasteiger partial charge in [0.15, 0.2) is 0 Å². The summed E-state index contributed by atoms with van der Waals surface area (Å²) in [4.78, 5) is 0.